The fourth-order valence-corrected chi connectivity index (χ4v) is 3.28. The highest BCUT2D eigenvalue weighted by molar-refractivity contribution is 6.77. The van der Waals surface area contributed by atoms with Gasteiger partial charge in [-0.3, -0.25) is 0 Å². The third-order valence-corrected chi connectivity index (χ3v) is 11.0. The Hall–Kier alpha value is 0.846. The van der Waals surface area contributed by atoms with Crippen LogP contribution in [-0.4, -0.2) is 63.0 Å². The molecule has 0 aromatic carbocycles. The summed E-state index contributed by atoms with van der Waals surface area (Å²) in [5.41, 5.74) is 0. The first-order valence-corrected chi connectivity index (χ1v) is 14.8. The van der Waals surface area contributed by atoms with Crippen LogP contribution in [0, 0.1) is 0 Å². The van der Waals surface area contributed by atoms with Crippen LogP contribution in [0.3, 0.4) is 0 Å². The summed E-state index contributed by atoms with van der Waals surface area (Å²) in [6.07, 6.45) is 2.20. The number of rotatable bonds is 10. The first-order valence-electron chi connectivity index (χ1n) is 7.06. The zero-order valence-electron chi connectivity index (χ0n) is 13.5. The van der Waals surface area contributed by atoms with Crippen molar-refractivity contribution in [2.45, 2.75) is 52.1 Å². The summed E-state index contributed by atoms with van der Waals surface area (Å²) in [4.78, 5) is 0. The van der Waals surface area contributed by atoms with Crippen molar-refractivity contribution in [2.75, 3.05) is 26.4 Å². The quantitative estimate of drug-likeness (QED) is 0.457. The summed E-state index contributed by atoms with van der Waals surface area (Å²) in [5, 5.41) is 0. The molecular formula is C12H32AlNO2Si2. The summed E-state index contributed by atoms with van der Waals surface area (Å²) in [6, 6.07) is 0. The molecule has 0 N–H and O–H groups in total. The van der Waals surface area contributed by atoms with Gasteiger partial charge in [-0.2, -0.15) is 0 Å². The highest BCUT2D eigenvalue weighted by Crippen LogP contribution is 2.06. The summed E-state index contributed by atoms with van der Waals surface area (Å²) >= 11 is 1.19. The predicted octanol–water partition coefficient (Wildman–Crippen LogP) is 2.32. The third kappa shape index (κ3) is 11.9. The number of ether oxygens (including phenoxy) is 1. The molecule has 0 fully saturated rings. The zero-order chi connectivity index (χ0) is 14.2. The van der Waals surface area contributed by atoms with Gasteiger partial charge in [0.15, 0.2) is 8.32 Å². The van der Waals surface area contributed by atoms with Crippen molar-refractivity contribution in [3.8, 4) is 0 Å². The molecule has 0 spiro atoms. The third-order valence-electron chi connectivity index (χ3n) is 2.90. The lowest BCUT2D eigenvalue weighted by atomic mass is 10.4. The van der Waals surface area contributed by atoms with Crippen molar-refractivity contribution in [3.63, 3.8) is 0 Å². The number of hydrogen-bond acceptors (Lipinski definition) is 3. The molecule has 0 rings (SSSR count). The Morgan fingerprint density at radius 3 is 1.94 bits per heavy atom. The van der Waals surface area contributed by atoms with E-state index in [2.05, 4.69) is 42.8 Å². The van der Waals surface area contributed by atoms with E-state index in [1.165, 1.54) is 29.5 Å². The number of nitrogens with zero attached hydrogens (tertiary/aromatic N) is 1. The molecular weight excluding hydrogens is 273 g/mol. The van der Waals surface area contributed by atoms with Gasteiger partial charge in [0, 0.05) is 19.8 Å². The Morgan fingerprint density at radius 2 is 1.44 bits per heavy atom. The minimum atomic E-state index is -1.32. The van der Waals surface area contributed by atoms with Crippen LogP contribution in [-0.2, 0) is 9.16 Å². The lowest BCUT2D eigenvalue weighted by Crippen LogP contribution is -2.44. The minimum Gasteiger partial charge on any atom is -0.418 e. The highest BCUT2D eigenvalue weighted by Gasteiger charge is 2.17. The molecule has 0 amide bonds. The van der Waals surface area contributed by atoms with E-state index in [1.54, 1.807) is 0 Å². The monoisotopic (exact) mass is 305 g/mol. The van der Waals surface area contributed by atoms with Gasteiger partial charge in [-0.15, -0.1) is 0 Å². The fraction of sp³-hybridized carbons (Fsp3) is 1.00. The molecule has 0 saturated carbocycles. The molecule has 18 heavy (non-hydrogen) atoms. The second-order valence-corrected chi connectivity index (χ2v) is 18.5. The molecule has 0 aromatic rings. The van der Waals surface area contributed by atoms with Gasteiger partial charge in [-0.25, -0.2) is 0 Å². The van der Waals surface area contributed by atoms with E-state index in [0.29, 0.717) is 0 Å². The van der Waals surface area contributed by atoms with Crippen LogP contribution in [0.25, 0.3) is 0 Å². The molecule has 0 aromatic heterocycles. The van der Waals surface area contributed by atoms with Crippen molar-refractivity contribution in [3.05, 3.63) is 0 Å². The largest absolute Gasteiger partial charge is 0.418 e. The van der Waals surface area contributed by atoms with Gasteiger partial charge in [0.1, 0.15) is 0 Å². The minimum absolute atomic E-state index is 0.846. The molecule has 0 aliphatic rings. The van der Waals surface area contributed by atoms with Crippen molar-refractivity contribution >= 4 is 33.1 Å². The molecule has 0 saturated heterocycles. The molecule has 0 aliphatic heterocycles. The van der Waals surface area contributed by atoms with E-state index in [0.717, 1.165) is 26.2 Å². The first-order chi connectivity index (χ1) is 8.13. The standard InChI is InChI=1S/C12H30NO2Si2.Al.2H/c1-16(2,3)13-9-7-10-14-11-8-12-15-17(4,5)6;;;/h7-12H2,1-6H3;;;/q-1;+1;;. The van der Waals surface area contributed by atoms with E-state index in [9.17, 15) is 0 Å². The Morgan fingerprint density at radius 1 is 0.889 bits per heavy atom. The summed E-state index contributed by atoms with van der Waals surface area (Å²) in [6.45, 7) is 17.7. The van der Waals surface area contributed by atoms with Gasteiger partial charge in [0.25, 0.3) is 0 Å². The van der Waals surface area contributed by atoms with Crippen LogP contribution in [0.5, 0.6) is 0 Å². The predicted molar refractivity (Wildman–Crippen MR) is 87.9 cm³/mol. The second-order valence-electron chi connectivity index (χ2n) is 6.87. The van der Waals surface area contributed by atoms with Gasteiger partial charge in [-0.1, -0.05) is 19.6 Å². The van der Waals surface area contributed by atoms with E-state index >= 15 is 0 Å². The average molecular weight is 306 g/mol. The topological polar surface area (TPSA) is 21.7 Å². The molecule has 6 heteroatoms. The van der Waals surface area contributed by atoms with Crippen molar-refractivity contribution in [1.29, 1.82) is 0 Å². The fourth-order valence-electron chi connectivity index (χ4n) is 1.38. The van der Waals surface area contributed by atoms with Crippen molar-refractivity contribution < 1.29 is 9.16 Å². The van der Waals surface area contributed by atoms with Gasteiger partial charge in [-0.05, 0) is 39.0 Å². The molecule has 3 nitrogen and oxygen atoms in total. The first kappa shape index (κ1) is 18.8. The van der Waals surface area contributed by atoms with Gasteiger partial charge < -0.3 is 12.7 Å². The van der Waals surface area contributed by atoms with E-state index in [4.69, 9.17) is 9.16 Å². The van der Waals surface area contributed by atoms with Gasteiger partial charge in [0.2, 0.25) is 0 Å². The molecule has 0 bridgehead atoms. The van der Waals surface area contributed by atoms with Crippen LogP contribution in [0.15, 0.2) is 0 Å². The molecule has 0 atom stereocenters. The average Bonchev–Trinajstić information content (AvgIpc) is 2.18. The number of hydrogen-bond donors (Lipinski definition) is 0. The maximum absolute atomic E-state index is 5.78. The lowest BCUT2D eigenvalue weighted by Gasteiger charge is -2.31. The Kier molecular flexibility index (Phi) is 9.33. The molecule has 0 heterocycles. The SMILES string of the molecule is C[Si](C)(C)OCCCOCCC[N]([AlH2])[Si](C)(C)C. The summed E-state index contributed by atoms with van der Waals surface area (Å²) in [7, 11) is -2.36. The van der Waals surface area contributed by atoms with Crippen LogP contribution in [0.4, 0.5) is 0 Å². The second kappa shape index (κ2) is 8.91. The van der Waals surface area contributed by atoms with Gasteiger partial charge in [0.05, 0.1) is 8.24 Å². The lowest BCUT2D eigenvalue weighted by molar-refractivity contribution is 0.115. The maximum Gasteiger partial charge on any atom is 0.314 e. The normalized spacial score (nSPS) is 13.3. The Labute approximate surface area is 124 Å². The van der Waals surface area contributed by atoms with Crippen molar-refractivity contribution in [1.82, 2.24) is 3.55 Å². The summed E-state index contributed by atoms with van der Waals surface area (Å²) in [5.74, 6) is 0. The van der Waals surface area contributed by atoms with Crippen LogP contribution >= 0.6 is 0 Å². The molecule has 0 aliphatic carbocycles. The van der Waals surface area contributed by atoms with Crippen LogP contribution in [0.1, 0.15) is 12.8 Å². The van der Waals surface area contributed by atoms with Gasteiger partial charge >= 0.3 is 16.5 Å². The summed E-state index contributed by atoms with van der Waals surface area (Å²) < 4.78 is 14.1. The van der Waals surface area contributed by atoms with E-state index in [1.807, 2.05) is 0 Å². The zero-order valence-corrected chi connectivity index (χ0v) is 17.5. The molecule has 0 unspecified atom stereocenters. The Balaban J connectivity index is 3.32. The van der Waals surface area contributed by atoms with E-state index < -0.39 is 16.6 Å². The smallest absolute Gasteiger partial charge is 0.314 e. The van der Waals surface area contributed by atoms with Crippen LogP contribution in [0.2, 0.25) is 39.3 Å². The maximum atomic E-state index is 5.78. The van der Waals surface area contributed by atoms with E-state index in [-0.39, 0.29) is 0 Å². The van der Waals surface area contributed by atoms with Crippen molar-refractivity contribution in [2.24, 2.45) is 0 Å². The molecule has 0 radical (unpaired) electrons. The highest BCUT2D eigenvalue weighted by atomic mass is 28.4. The Bertz CT molecular complexity index is 217. The molecule has 108 valence electrons. The van der Waals surface area contributed by atoms with Crippen LogP contribution < -0.4 is 0 Å².